The number of likely N-dealkylation sites (N-methyl/N-ethyl adjacent to an activating group) is 1. The number of benzene rings is 2. The van der Waals surface area contributed by atoms with Crippen molar-refractivity contribution < 1.29 is 12.8 Å². The van der Waals surface area contributed by atoms with Gasteiger partial charge in [0.05, 0.1) is 4.90 Å². The number of nitrogens with zero attached hydrogens (tertiary/aromatic N) is 1. The third-order valence-corrected chi connectivity index (χ3v) is 5.14. The van der Waals surface area contributed by atoms with Crippen molar-refractivity contribution in [2.45, 2.75) is 10.9 Å². The first-order valence-corrected chi connectivity index (χ1v) is 8.83. The molecule has 0 aliphatic rings. The summed E-state index contributed by atoms with van der Waals surface area (Å²) in [5.74, 6) is -0.352. The van der Waals surface area contributed by atoms with E-state index in [1.165, 1.54) is 36.4 Å². The zero-order chi connectivity index (χ0) is 17.0. The van der Waals surface area contributed by atoms with Crippen LogP contribution < -0.4 is 4.72 Å². The third-order valence-electron chi connectivity index (χ3n) is 3.45. The molecule has 0 aliphatic carbocycles. The van der Waals surface area contributed by atoms with Crippen molar-refractivity contribution in [1.82, 2.24) is 9.62 Å². The van der Waals surface area contributed by atoms with Crippen LogP contribution >= 0.6 is 11.6 Å². The molecule has 0 spiro atoms. The van der Waals surface area contributed by atoms with Gasteiger partial charge in [-0.2, -0.15) is 0 Å². The second-order valence-electron chi connectivity index (χ2n) is 5.34. The topological polar surface area (TPSA) is 49.4 Å². The van der Waals surface area contributed by atoms with E-state index in [9.17, 15) is 12.8 Å². The average Bonchev–Trinajstić information content (AvgIpc) is 2.47. The Balaban J connectivity index is 2.17. The molecule has 0 saturated carbocycles. The summed E-state index contributed by atoms with van der Waals surface area (Å²) in [7, 11) is -0.0295. The van der Waals surface area contributed by atoms with E-state index in [0.29, 0.717) is 10.6 Å². The fourth-order valence-corrected chi connectivity index (χ4v) is 3.36. The number of halogens is 2. The van der Waals surface area contributed by atoms with Crippen LogP contribution in [0.4, 0.5) is 4.39 Å². The Labute approximate surface area is 140 Å². The summed E-state index contributed by atoms with van der Waals surface area (Å²) in [5.41, 5.74) is 0.703. The highest BCUT2D eigenvalue weighted by molar-refractivity contribution is 7.89. The summed E-state index contributed by atoms with van der Waals surface area (Å²) < 4.78 is 40.6. The van der Waals surface area contributed by atoms with E-state index in [1.54, 1.807) is 12.1 Å². The molecule has 0 amide bonds. The lowest BCUT2D eigenvalue weighted by Crippen LogP contribution is -2.34. The van der Waals surface area contributed by atoms with Gasteiger partial charge >= 0.3 is 0 Å². The third kappa shape index (κ3) is 4.75. The van der Waals surface area contributed by atoms with Gasteiger partial charge < -0.3 is 4.90 Å². The van der Waals surface area contributed by atoms with E-state index in [2.05, 4.69) is 4.72 Å². The van der Waals surface area contributed by atoms with Crippen LogP contribution in [-0.4, -0.2) is 34.0 Å². The van der Waals surface area contributed by atoms with Gasteiger partial charge in [0.2, 0.25) is 10.0 Å². The van der Waals surface area contributed by atoms with Crippen molar-refractivity contribution in [3.63, 3.8) is 0 Å². The number of hydrogen-bond donors (Lipinski definition) is 1. The van der Waals surface area contributed by atoms with Crippen LogP contribution in [0.25, 0.3) is 0 Å². The van der Waals surface area contributed by atoms with Crippen LogP contribution in [0, 0.1) is 5.82 Å². The monoisotopic (exact) mass is 356 g/mol. The maximum Gasteiger partial charge on any atom is 0.240 e. The maximum atomic E-state index is 13.4. The molecule has 4 nitrogen and oxygen atoms in total. The molecule has 1 unspecified atom stereocenters. The van der Waals surface area contributed by atoms with Crippen LogP contribution in [0.5, 0.6) is 0 Å². The van der Waals surface area contributed by atoms with Crippen molar-refractivity contribution in [1.29, 1.82) is 0 Å². The predicted molar refractivity (Wildman–Crippen MR) is 89.5 cm³/mol. The highest BCUT2D eigenvalue weighted by atomic mass is 35.5. The molecule has 0 heterocycles. The SMILES string of the molecule is CN(C)C(CNS(=O)(=O)c1ccc(Cl)cc1)c1cccc(F)c1. The van der Waals surface area contributed by atoms with Gasteiger partial charge in [0, 0.05) is 17.6 Å². The van der Waals surface area contributed by atoms with Crippen molar-refractivity contribution in [2.75, 3.05) is 20.6 Å². The molecule has 1 atom stereocenters. The zero-order valence-electron chi connectivity index (χ0n) is 12.8. The summed E-state index contributed by atoms with van der Waals surface area (Å²) in [6.07, 6.45) is 0. The molecular formula is C16H18ClFN2O2S. The Bertz CT molecular complexity index is 764. The molecule has 23 heavy (non-hydrogen) atoms. The molecule has 2 rings (SSSR count). The highest BCUT2D eigenvalue weighted by Gasteiger charge is 2.20. The molecule has 2 aromatic rings. The minimum atomic E-state index is -3.65. The number of sulfonamides is 1. The lowest BCUT2D eigenvalue weighted by atomic mass is 10.1. The Hall–Kier alpha value is -1.47. The summed E-state index contributed by atoms with van der Waals surface area (Å²) in [5, 5.41) is 0.467. The number of nitrogens with one attached hydrogen (secondary N) is 1. The van der Waals surface area contributed by atoms with Crippen molar-refractivity contribution in [2.24, 2.45) is 0 Å². The van der Waals surface area contributed by atoms with E-state index in [1.807, 2.05) is 19.0 Å². The summed E-state index contributed by atoms with van der Waals surface area (Å²) in [6.45, 7) is 0.126. The van der Waals surface area contributed by atoms with E-state index in [4.69, 9.17) is 11.6 Å². The first-order chi connectivity index (χ1) is 10.8. The van der Waals surface area contributed by atoms with Gasteiger partial charge in [-0.05, 0) is 56.1 Å². The van der Waals surface area contributed by atoms with Crippen LogP contribution in [0.2, 0.25) is 5.02 Å². The fourth-order valence-electron chi connectivity index (χ4n) is 2.20. The Morgan fingerprint density at radius 3 is 2.39 bits per heavy atom. The molecule has 2 aromatic carbocycles. The molecule has 0 bridgehead atoms. The normalized spacial score (nSPS) is 13.3. The van der Waals surface area contributed by atoms with E-state index >= 15 is 0 Å². The smallest absolute Gasteiger partial charge is 0.240 e. The standard InChI is InChI=1S/C16H18ClFN2O2S/c1-20(2)16(12-4-3-5-14(18)10-12)11-19-23(21,22)15-8-6-13(17)7-9-15/h3-10,16,19H,11H2,1-2H3. The van der Waals surface area contributed by atoms with Gasteiger partial charge in [-0.15, -0.1) is 0 Å². The van der Waals surface area contributed by atoms with Crippen LogP contribution in [0.1, 0.15) is 11.6 Å². The number of hydrogen-bond acceptors (Lipinski definition) is 3. The Morgan fingerprint density at radius 1 is 1.17 bits per heavy atom. The minimum Gasteiger partial charge on any atom is -0.301 e. The van der Waals surface area contributed by atoms with Crippen molar-refractivity contribution in [3.05, 3.63) is 64.9 Å². The molecule has 0 aromatic heterocycles. The van der Waals surface area contributed by atoms with Gasteiger partial charge in [-0.25, -0.2) is 17.5 Å². The van der Waals surface area contributed by atoms with Gasteiger partial charge in [0.1, 0.15) is 5.82 Å². The molecular weight excluding hydrogens is 339 g/mol. The maximum absolute atomic E-state index is 13.4. The Morgan fingerprint density at radius 2 is 1.83 bits per heavy atom. The van der Waals surface area contributed by atoms with Gasteiger partial charge in [0.25, 0.3) is 0 Å². The molecule has 1 N–H and O–H groups in total. The minimum absolute atomic E-state index is 0.126. The highest BCUT2D eigenvalue weighted by Crippen LogP contribution is 2.20. The second-order valence-corrected chi connectivity index (χ2v) is 7.54. The van der Waals surface area contributed by atoms with Gasteiger partial charge in [0.15, 0.2) is 0 Å². The first-order valence-electron chi connectivity index (χ1n) is 6.97. The second kappa shape index (κ2) is 7.40. The van der Waals surface area contributed by atoms with Crippen molar-refractivity contribution >= 4 is 21.6 Å². The van der Waals surface area contributed by atoms with E-state index in [0.717, 1.165) is 0 Å². The van der Waals surface area contributed by atoms with Crippen LogP contribution in [0.3, 0.4) is 0 Å². The Kier molecular flexibility index (Phi) is 5.75. The van der Waals surface area contributed by atoms with Gasteiger partial charge in [-0.1, -0.05) is 23.7 Å². The molecule has 0 radical (unpaired) electrons. The fraction of sp³-hybridized carbons (Fsp3) is 0.250. The lowest BCUT2D eigenvalue weighted by molar-refractivity contribution is 0.299. The largest absolute Gasteiger partial charge is 0.301 e. The molecule has 0 fully saturated rings. The van der Waals surface area contributed by atoms with Crippen LogP contribution in [-0.2, 0) is 10.0 Å². The molecule has 0 aliphatic heterocycles. The van der Waals surface area contributed by atoms with Crippen LogP contribution in [0.15, 0.2) is 53.4 Å². The van der Waals surface area contributed by atoms with E-state index < -0.39 is 10.0 Å². The van der Waals surface area contributed by atoms with Crippen molar-refractivity contribution in [3.8, 4) is 0 Å². The molecule has 7 heteroatoms. The number of rotatable bonds is 6. The summed E-state index contributed by atoms with van der Waals surface area (Å²) in [6, 6.07) is 11.8. The molecule has 124 valence electrons. The zero-order valence-corrected chi connectivity index (χ0v) is 14.4. The molecule has 0 saturated heterocycles. The summed E-state index contributed by atoms with van der Waals surface area (Å²) >= 11 is 5.77. The van der Waals surface area contributed by atoms with Gasteiger partial charge in [-0.3, -0.25) is 0 Å². The summed E-state index contributed by atoms with van der Waals surface area (Å²) in [4.78, 5) is 1.97. The van der Waals surface area contributed by atoms with E-state index in [-0.39, 0.29) is 23.3 Å². The lowest BCUT2D eigenvalue weighted by Gasteiger charge is -2.25. The predicted octanol–water partition coefficient (Wildman–Crippen LogP) is 3.06. The average molecular weight is 357 g/mol. The first kappa shape index (κ1) is 17.9. The quantitative estimate of drug-likeness (QED) is 0.865.